The lowest BCUT2D eigenvalue weighted by Crippen LogP contribution is -2.45. The summed E-state index contributed by atoms with van der Waals surface area (Å²) in [6.45, 7) is 1.39. The van der Waals surface area contributed by atoms with Gasteiger partial charge in [-0.3, -0.25) is 9.59 Å². The zero-order valence-electron chi connectivity index (χ0n) is 7.47. The van der Waals surface area contributed by atoms with Crippen LogP contribution in [0.5, 0.6) is 0 Å². The van der Waals surface area contributed by atoms with Crippen molar-refractivity contribution in [2.75, 3.05) is 0 Å². The Kier molecular flexibility index (Phi) is 3.95. The van der Waals surface area contributed by atoms with Crippen molar-refractivity contribution >= 4 is 24.5 Å². The smallest absolute Gasteiger partial charge is 0.325 e. The number of rotatable bonds is 6. The lowest BCUT2D eigenvalue weighted by atomic mass is 9.76. The van der Waals surface area contributed by atoms with Gasteiger partial charge in [0.2, 0.25) is 0 Å². The number of aliphatic carboxylic acids is 2. The zero-order chi connectivity index (χ0) is 11.4. The van der Waals surface area contributed by atoms with E-state index in [1.807, 2.05) is 0 Å². The molecular formula is C8H10O6. The van der Waals surface area contributed by atoms with Crippen molar-refractivity contribution in [1.82, 2.24) is 0 Å². The minimum Gasteiger partial charge on any atom is -0.481 e. The van der Waals surface area contributed by atoms with Gasteiger partial charge in [-0.15, -0.1) is 0 Å². The highest BCUT2D eigenvalue weighted by Crippen LogP contribution is 2.26. The number of carboxylic acids is 2. The Balaban J connectivity index is 5.35. The largest absolute Gasteiger partial charge is 0.481 e. The molecule has 0 aliphatic rings. The van der Waals surface area contributed by atoms with E-state index < -0.39 is 23.3 Å². The predicted molar refractivity (Wildman–Crippen MR) is 43.6 cm³/mol. The van der Waals surface area contributed by atoms with Gasteiger partial charge >= 0.3 is 11.9 Å². The van der Waals surface area contributed by atoms with E-state index in [2.05, 4.69) is 0 Å². The van der Waals surface area contributed by atoms with E-state index in [4.69, 9.17) is 10.2 Å². The van der Waals surface area contributed by atoms with E-state index in [0.717, 1.165) is 0 Å². The highest BCUT2D eigenvalue weighted by atomic mass is 16.4. The Morgan fingerprint density at radius 2 is 1.71 bits per heavy atom. The van der Waals surface area contributed by atoms with Crippen LogP contribution in [0.15, 0.2) is 0 Å². The monoisotopic (exact) mass is 202 g/mol. The van der Waals surface area contributed by atoms with Gasteiger partial charge in [0.25, 0.3) is 0 Å². The molecule has 2 N–H and O–H groups in total. The molecule has 6 heteroatoms. The first-order valence-corrected chi connectivity index (χ1v) is 3.85. The van der Waals surface area contributed by atoms with Gasteiger partial charge in [0.1, 0.15) is 12.6 Å². The van der Waals surface area contributed by atoms with Crippen LogP contribution in [0.3, 0.4) is 0 Å². The highest BCUT2D eigenvalue weighted by molar-refractivity contribution is 6.10. The molecule has 0 saturated carbocycles. The second kappa shape index (κ2) is 4.50. The van der Waals surface area contributed by atoms with Gasteiger partial charge in [-0.25, -0.2) is 0 Å². The van der Waals surface area contributed by atoms with Crippen LogP contribution < -0.4 is 0 Å². The second-order valence-corrected chi connectivity index (χ2v) is 2.77. The summed E-state index contributed by atoms with van der Waals surface area (Å²) in [4.78, 5) is 42.3. The third-order valence-electron chi connectivity index (χ3n) is 2.04. The second-order valence-electron chi connectivity index (χ2n) is 2.77. The standard InChI is InChI=1S/C8H10O6/c1-2-5(6(11)12)8(3-9,4-10)7(13)14/h3-5H,2H2,1H3,(H,11,12)(H,13,14). The van der Waals surface area contributed by atoms with Gasteiger partial charge in [0, 0.05) is 0 Å². The van der Waals surface area contributed by atoms with Gasteiger partial charge in [-0.2, -0.15) is 0 Å². The fourth-order valence-electron chi connectivity index (χ4n) is 1.16. The van der Waals surface area contributed by atoms with Gasteiger partial charge < -0.3 is 19.8 Å². The molecule has 0 aromatic carbocycles. The molecule has 0 aromatic heterocycles. The first-order valence-electron chi connectivity index (χ1n) is 3.85. The van der Waals surface area contributed by atoms with Gasteiger partial charge in [-0.1, -0.05) is 6.92 Å². The number of aldehydes is 2. The molecule has 0 fully saturated rings. The van der Waals surface area contributed by atoms with Crippen molar-refractivity contribution in [3.05, 3.63) is 0 Å². The van der Waals surface area contributed by atoms with Crippen LogP contribution in [-0.2, 0) is 19.2 Å². The van der Waals surface area contributed by atoms with Crippen LogP contribution in [0.2, 0.25) is 0 Å². The molecule has 0 bridgehead atoms. The normalized spacial score (nSPS) is 12.9. The first kappa shape index (κ1) is 12.3. The Labute approximate surface area is 79.5 Å². The Bertz CT molecular complexity index is 261. The predicted octanol–water partition coefficient (Wildman–Crippen LogP) is -0.434. The maximum absolute atomic E-state index is 10.7. The molecule has 0 saturated heterocycles. The third kappa shape index (κ3) is 1.78. The zero-order valence-corrected chi connectivity index (χ0v) is 7.47. The maximum atomic E-state index is 10.7. The quantitative estimate of drug-likeness (QED) is 0.446. The van der Waals surface area contributed by atoms with E-state index in [-0.39, 0.29) is 19.0 Å². The van der Waals surface area contributed by atoms with Gasteiger partial charge in [-0.05, 0) is 6.42 Å². The fraction of sp³-hybridized carbons (Fsp3) is 0.500. The first-order chi connectivity index (χ1) is 6.46. The lowest BCUT2D eigenvalue weighted by Gasteiger charge is -2.22. The van der Waals surface area contributed by atoms with Crippen molar-refractivity contribution in [3.8, 4) is 0 Å². The van der Waals surface area contributed by atoms with E-state index in [9.17, 15) is 19.2 Å². The molecule has 1 atom stereocenters. The summed E-state index contributed by atoms with van der Waals surface area (Å²) < 4.78 is 0. The molecule has 1 unspecified atom stereocenters. The molecule has 0 amide bonds. The summed E-state index contributed by atoms with van der Waals surface area (Å²) in [6.07, 6.45) is -0.381. The van der Waals surface area contributed by atoms with Crippen molar-refractivity contribution in [2.45, 2.75) is 13.3 Å². The van der Waals surface area contributed by atoms with Crippen LogP contribution in [0.1, 0.15) is 13.3 Å². The SMILES string of the molecule is CCC(C(=O)O)C(C=O)(C=O)C(=O)O. The third-order valence-corrected chi connectivity index (χ3v) is 2.04. The molecule has 0 radical (unpaired) electrons. The molecule has 0 heterocycles. The van der Waals surface area contributed by atoms with Crippen LogP contribution >= 0.6 is 0 Å². The summed E-state index contributed by atoms with van der Waals surface area (Å²) in [6, 6.07) is 0. The molecule has 0 aliphatic heterocycles. The van der Waals surface area contributed by atoms with Crippen molar-refractivity contribution in [1.29, 1.82) is 0 Å². The minimum atomic E-state index is -2.47. The van der Waals surface area contributed by atoms with Crippen LogP contribution in [-0.4, -0.2) is 34.7 Å². The summed E-state index contributed by atoms with van der Waals surface area (Å²) in [7, 11) is 0. The van der Waals surface area contributed by atoms with E-state index >= 15 is 0 Å². The fourth-order valence-corrected chi connectivity index (χ4v) is 1.16. The average Bonchev–Trinajstić information content (AvgIpc) is 2.12. The van der Waals surface area contributed by atoms with Crippen LogP contribution in [0.25, 0.3) is 0 Å². The average molecular weight is 202 g/mol. The van der Waals surface area contributed by atoms with E-state index in [1.165, 1.54) is 6.92 Å². The summed E-state index contributed by atoms with van der Waals surface area (Å²) in [5, 5.41) is 17.3. The molecule has 0 rings (SSSR count). The number of carbonyl (C=O) groups is 4. The topological polar surface area (TPSA) is 109 Å². The van der Waals surface area contributed by atoms with E-state index in [0.29, 0.717) is 0 Å². The molecule has 0 spiro atoms. The van der Waals surface area contributed by atoms with Crippen LogP contribution in [0.4, 0.5) is 0 Å². The highest BCUT2D eigenvalue weighted by Gasteiger charge is 2.49. The van der Waals surface area contributed by atoms with E-state index in [1.54, 1.807) is 0 Å². The van der Waals surface area contributed by atoms with Gasteiger partial charge in [0.15, 0.2) is 5.41 Å². The lowest BCUT2D eigenvalue weighted by molar-refractivity contribution is -0.165. The molecule has 78 valence electrons. The minimum absolute atomic E-state index is 0.112. The molecule has 14 heavy (non-hydrogen) atoms. The van der Waals surface area contributed by atoms with Gasteiger partial charge in [0.05, 0.1) is 5.92 Å². The summed E-state index contributed by atoms with van der Waals surface area (Å²) >= 11 is 0. The van der Waals surface area contributed by atoms with Crippen molar-refractivity contribution < 1.29 is 29.4 Å². The Morgan fingerprint density at radius 1 is 1.29 bits per heavy atom. The van der Waals surface area contributed by atoms with Crippen molar-refractivity contribution in [3.63, 3.8) is 0 Å². The number of hydrogen-bond acceptors (Lipinski definition) is 4. The van der Waals surface area contributed by atoms with Crippen LogP contribution in [0, 0.1) is 11.3 Å². The molecule has 6 nitrogen and oxygen atoms in total. The maximum Gasteiger partial charge on any atom is 0.325 e. The number of hydrogen-bond donors (Lipinski definition) is 2. The van der Waals surface area contributed by atoms with Crippen molar-refractivity contribution in [2.24, 2.45) is 11.3 Å². The Hall–Kier alpha value is -1.72. The summed E-state index contributed by atoms with van der Waals surface area (Å²) in [5.74, 6) is -4.75. The molecular weight excluding hydrogens is 192 g/mol. The number of carbonyl (C=O) groups excluding carboxylic acids is 2. The summed E-state index contributed by atoms with van der Waals surface area (Å²) in [5.41, 5.74) is -2.47. The molecule has 0 aromatic rings. The number of carboxylic acid groups (broad SMARTS) is 2. The molecule has 0 aliphatic carbocycles. The Morgan fingerprint density at radius 3 is 1.79 bits per heavy atom.